The van der Waals surface area contributed by atoms with Gasteiger partial charge in [-0.3, -0.25) is 20.2 Å². The van der Waals surface area contributed by atoms with Crippen LogP contribution in [0.2, 0.25) is 0 Å². The molecule has 1 aliphatic carbocycles. The van der Waals surface area contributed by atoms with Crippen LogP contribution in [0.15, 0.2) is 18.2 Å². The van der Waals surface area contributed by atoms with E-state index in [1.807, 2.05) is 0 Å². The number of benzene rings is 1. The second kappa shape index (κ2) is 8.97. The number of ether oxygens (including phenoxy) is 1. The third kappa shape index (κ3) is 5.66. The standard InChI is InChI=1S/C17H22N4O6/c1-10(15(22)20-17(24)19-11-5-3-2-4-6-11)27-16(23)13-9-12(21(25)26)7-8-14(13)18/h7-11H,2-6,18H2,1H3,(H2,19,20,22,24). The summed E-state index contributed by atoms with van der Waals surface area (Å²) in [7, 11) is 0. The Balaban J connectivity index is 1.91. The number of nitrogens with one attached hydrogen (secondary N) is 2. The molecule has 0 aromatic heterocycles. The fraction of sp³-hybridized carbons (Fsp3) is 0.471. The van der Waals surface area contributed by atoms with Gasteiger partial charge in [0.15, 0.2) is 6.10 Å². The maximum Gasteiger partial charge on any atom is 0.341 e. The number of amides is 3. The van der Waals surface area contributed by atoms with Crippen LogP contribution in [0.4, 0.5) is 16.2 Å². The number of nitro benzene ring substituents is 1. The summed E-state index contributed by atoms with van der Waals surface area (Å²) in [6, 6.07) is 2.70. The maximum absolute atomic E-state index is 12.2. The first kappa shape index (κ1) is 20.1. The van der Waals surface area contributed by atoms with E-state index < -0.39 is 28.9 Å². The van der Waals surface area contributed by atoms with Gasteiger partial charge in [0.25, 0.3) is 11.6 Å². The molecule has 1 fully saturated rings. The van der Waals surface area contributed by atoms with E-state index in [9.17, 15) is 24.5 Å². The minimum Gasteiger partial charge on any atom is -0.449 e. The summed E-state index contributed by atoms with van der Waals surface area (Å²) in [6.07, 6.45) is 3.62. The second-order valence-corrected chi connectivity index (χ2v) is 6.37. The number of nitro groups is 1. The number of rotatable bonds is 5. The molecule has 10 nitrogen and oxygen atoms in total. The summed E-state index contributed by atoms with van der Waals surface area (Å²) in [6.45, 7) is 1.29. The number of carbonyl (C=O) groups is 3. The molecule has 0 radical (unpaired) electrons. The number of hydrogen-bond acceptors (Lipinski definition) is 7. The van der Waals surface area contributed by atoms with Gasteiger partial charge in [-0.2, -0.15) is 0 Å². The minimum atomic E-state index is -1.28. The summed E-state index contributed by atoms with van der Waals surface area (Å²) < 4.78 is 4.97. The van der Waals surface area contributed by atoms with Crippen molar-refractivity contribution in [3.05, 3.63) is 33.9 Å². The topological polar surface area (TPSA) is 154 Å². The molecule has 0 saturated heterocycles. The highest BCUT2D eigenvalue weighted by molar-refractivity contribution is 6.00. The average Bonchev–Trinajstić information content (AvgIpc) is 2.62. The van der Waals surface area contributed by atoms with Gasteiger partial charge < -0.3 is 15.8 Å². The Labute approximate surface area is 155 Å². The van der Waals surface area contributed by atoms with Gasteiger partial charge in [-0.1, -0.05) is 19.3 Å². The highest BCUT2D eigenvalue weighted by atomic mass is 16.6. The lowest BCUT2D eigenvalue weighted by molar-refractivity contribution is -0.384. The van der Waals surface area contributed by atoms with E-state index >= 15 is 0 Å². The molecule has 2 rings (SSSR count). The first-order valence-corrected chi connectivity index (χ1v) is 8.64. The number of hydrogen-bond donors (Lipinski definition) is 3. The lowest BCUT2D eigenvalue weighted by Gasteiger charge is -2.23. The van der Waals surface area contributed by atoms with Crippen molar-refractivity contribution in [1.29, 1.82) is 0 Å². The molecule has 1 unspecified atom stereocenters. The molecule has 0 aliphatic heterocycles. The fourth-order valence-corrected chi connectivity index (χ4v) is 2.79. The number of nitrogens with two attached hydrogens (primary N) is 1. The normalized spacial score (nSPS) is 15.4. The maximum atomic E-state index is 12.2. The van der Waals surface area contributed by atoms with Crippen LogP contribution in [0.25, 0.3) is 0 Å². The zero-order chi connectivity index (χ0) is 20.0. The van der Waals surface area contributed by atoms with Crippen molar-refractivity contribution in [2.75, 3.05) is 5.73 Å². The minimum absolute atomic E-state index is 0.0201. The summed E-state index contributed by atoms with van der Waals surface area (Å²) in [5.74, 6) is -1.80. The SMILES string of the molecule is CC(OC(=O)c1cc([N+](=O)[O-])ccc1N)C(=O)NC(=O)NC1CCCCC1. The van der Waals surface area contributed by atoms with Crippen LogP contribution in [-0.2, 0) is 9.53 Å². The molecule has 0 heterocycles. The Kier molecular flexibility index (Phi) is 6.69. The second-order valence-electron chi connectivity index (χ2n) is 6.37. The summed E-state index contributed by atoms with van der Waals surface area (Å²) in [5, 5.41) is 15.6. The summed E-state index contributed by atoms with van der Waals surface area (Å²) >= 11 is 0. The van der Waals surface area contributed by atoms with E-state index in [-0.39, 0.29) is 23.0 Å². The zero-order valence-electron chi connectivity index (χ0n) is 14.9. The molecule has 1 aliphatic rings. The molecule has 10 heteroatoms. The van der Waals surface area contributed by atoms with Crippen molar-refractivity contribution < 1.29 is 24.0 Å². The van der Waals surface area contributed by atoms with Gasteiger partial charge in [0.1, 0.15) is 0 Å². The zero-order valence-corrected chi connectivity index (χ0v) is 14.9. The fourth-order valence-electron chi connectivity index (χ4n) is 2.79. The van der Waals surface area contributed by atoms with Gasteiger partial charge in [0.05, 0.1) is 10.5 Å². The van der Waals surface area contributed by atoms with Crippen LogP contribution >= 0.6 is 0 Å². The van der Waals surface area contributed by atoms with Gasteiger partial charge in [-0.15, -0.1) is 0 Å². The van der Waals surface area contributed by atoms with E-state index in [1.165, 1.54) is 13.0 Å². The molecular formula is C17H22N4O6. The molecule has 1 saturated carbocycles. The van der Waals surface area contributed by atoms with Crippen molar-refractivity contribution in [1.82, 2.24) is 10.6 Å². The van der Waals surface area contributed by atoms with Crippen LogP contribution in [0.5, 0.6) is 0 Å². The highest BCUT2D eigenvalue weighted by Crippen LogP contribution is 2.21. The summed E-state index contributed by atoms with van der Waals surface area (Å²) in [4.78, 5) is 46.2. The third-order valence-corrected chi connectivity index (χ3v) is 4.30. The molecule has 3 amide bonds. The van der Waals surface area contributed by atoms with Crippen LogP contribution in [0.3, 0.4) is 0 Å². The number of nitrogens with zero attached hydrogens (tertiary/aromatic N) is 1. The molecule has 0 bridgehead atoms. The Morgan fingerprint density at radius 1 is 1.26 bits per heavy atom. The molecule has 4 N–H and O–H groups in total. The molecule has 1 aromatic rings. The molecule has 1 aromatic carbocycles. The third-order valence-electron chi connectivity index (χ3n) is 4.30. The Morgan fingerprint density at radius 3 is 2.56 bits per heavy atom. The molecule has 0 spiro atoms. The van der Waals surface area contributed by atoms with Crippen molar-refractivity contribution in [3.63, 3.8) is 0 Å². The quantitative estimate of drug-likeness (QED) is 0.306. The van der Waals surface area contributed by atoms with Crippen molar-refractivity contribution in [2.24, 2.45) is 0 Å². The largest absolute Gasteiger partial charge is 0.449 e. The van der Waals surface area contributed by atoms with E-state index in [4.69, 9.17) is 10.5 Å². The van der Waals surface area contributed by atoms with Crippen molar-refractivity contribution in [3.8, 4) is 0 Å². The smallest absolute Gasteiger partial charge is 0.341 e. The van der Waals surface area contributed by atoms with Gasteiger partial charge >= 0.3 is 12.0 Å². The lowest BCUT2D eigenvalue weighted by atomic mass is 9.96. The number of anilines is 1. The van der Waals surface area contributed by atoms with E-state index in [0.717, 1.165) is 44.2 Å². The van der Waals surface area contributed by atoms with Gasteiger partial charge in [-0.25, -0.2) is 9.59 Å². The molecular weight excluding hydrogens is 356 g/mol. The van der Waals surface area contributed by atoms with E-state index in [2.05, 4.69) is 10.6 Å². The molecule has 1 atom stereocenters. The molecule has 146 valence electrons. The van der Waals surface area contributed by atoms with Crippen LogP contribution in [0, 0.1) is 10.1 Å². The van der Waals surface area contributed by atoms with Gasteiger partial charge in [-0.05, 0) is 25.8 Å². The van der Waals surface area contributed by atoms with Crippen molar-refractivity contribution >= 4 is 29.3 Å². The number of carbonyl (C=O) groups excluding carboxylic acids is 3. The summed E-state index contributed by atoms with van der Waals surface area (Å²) in [5.41, 5.74) is 5.06. The Hall–Kier alpha value is -3.17. The van der Waals surface area contributed by atoms with Gasteiger partial charge in [0.2, 0.25) is 0 Å². The van der Waals surface area contributed by atoms with Crippen molar-refractivity contribution in [2.45, 2.75) is 51.2 Å². The van der Waals surface area contributed by atoms with Crippen LogP contribution < -0.4 is 16.4 Å². The first-order chi connectivity index (χ1) is 12.8. The Morgan fingerprint density at radius 2 is 1.93 bits per heavy atom. The predicted octanol–water partition coefficient (Wildman–Crippen LogP) is 1.88. The number of esters is 1. The first-order valence-electron chi connectivity index (χ1n) is 8.64. The van der Waals surface area contributed by atoms with Gasteiger partial charge in [0, 0.05) is 23.9 Å². The highest BCUT2D eigenvalue weighted by Gasteiger charge is 2.24. The monoisotopic (exact) mass is 378 g/mol. The number of urea groups is 1. The predicted molar refractivity (Wildman–Crippen MR) is 95.9 cm³/mol. The molecule has 27 heavy (non-hydrogen) atoms. The number of imide groups is 1. The lowest BCUT2D eigenvalue weighted by Crippen LogP contribution is -2.48. The van der Waals surface area contributed by atoms with E-state index in [0.29, 0.717) is 0 Å². The number of nitrogen functional groups attached to an aromatic ring is 1. The van der Waals surface area contributed by atoms with E-state index in [1.54, 1.807) is 0 Å². The number of non-ortho nitro benzene ring substituents is 1. The average molecular weight is 378 g/mol. The van der Waals surface area contributed by atoms with Crippen LogP contribution in [-0.4, -0.2) is 35.0 Å². The Bertz CT molecular complexity index is 745. The van der Waals surface area contributed by atoms with Crippen LogP contribution in [0.1, 0.15) is 49.4 Å².